The highest BCUT2D eigenvalue weighted by molar-refractivity contribution is 5.81. The van der Waals surface area contributed by atoms with Crippen LogP contribution in [-0.2, 0) is 14.3 Å². The number of carboxylic acids is 1. The maximum absolute atomic E-state index is 10.6. The average molecular weight is 469 g/mol. The summed E-state index contributed by atoms with van der Waals surface area (Å²) in [6, 6.07) is 0. The van der Waals surface area contributed by atoms with Gasteiger partial charge in [0.15, 0.2) is 0 Å². The standard InChI is InChI=1S/C18H36O2.C11H20O2/c1-2-3-4-5-6-7-8-9-10-11-12-13-14-15-16-17-18(19)20;1-4-11(12)13-9-7-5-6-8-10(2)3/h2-17H2,1H3,(H,19,20);4,10H,1,5-9H2,2-3H3. The van der Waals surface area contributed by atoms with Crippen LogP contribution in [0.25, 0.3) is 0 Å². The van der Waals surface area contributed by atoms with Crippen molar-refractivity contribution >= 4 is 11.9 Å². The second-order valence-corrected chi connectivity index (χ2v) is 9.71. The zero-order chi connectivity index (χ0) is 25.0. The van der Waals surface area contributed by atoms with Crippen molar-refractivity contribution in [3.05, 3.63) is 12.7 Å². The number of ether oxygens (including phenoxy) is 1. The van der Waals surface area contributed by atoms with E-state index in [0.717, 1.165) is 31.6 Å². The lowest BCUT2D eigenvalue weighted by Crippen LogP contribution is -2.01. The van der Waals surface area contributed by atoms with E-state index in [2.05, 4.69) is 27.4 Å². The molecule has 0 aromatic carbocycles. The van der Waals surface area contributed by atoms with Gasteiger partial charge >= 0.3 is 11.9 Å². The van der Waals surface area contributed by atoms with Gasteiger partial charge in [-0.3, -0.25) is 4.79 Å². The molecule has 33 heavy (non-hydrogen) atoms. The number of aliphatic carboxylic acids is 1. The zero-order valence-corrected chi connectivity index (χ0v) is 22.4. The fourth-order valence-corrected chi connectivity index (χ4v) is 3.71. The minimum absolute atomic E-state index is 0.316. The minimum atomic E-state index is -0.653. The Hall–Kier alpha value is -1.32. The fourth-order valence-electron chi connectivity index (χ4n) is 3.71. The molecule has 0 spiro atoms. The molecule has 0 aromatic rings. The molecule has 196 valence electrons. The van der Waals surface area contributed by atoms with Gasteiger partial charge in [0.05, 0.1) is 6.61 Å². The first-order valence-corrected chi connectivity index (χ1v) is 13.9. The first kappa shape index (κ1) is 33.9. The number of hydrogen-bond acceptors (Lipinski definition) is 3. The lowest BCUT2D eigenvalue weighted by molar-refractivity contribution is -0.138. The van der Waals surface area contributed by atoms with Crippen LogP contribution in [0.2, 0.25) is 0 Å². The largest absolute Gasteiger partial charge is 0.481 e. The average Bonchev–Trinajstić information content (AvgIpc) is 2.78. The Balaban J connectivity index is 0. The minimum Gasteiger partial charge on any atom is -0.481 e. The Kier molecular flexibility index (Phi) is 29.5. The maximum Gasteiger partial charge on any atom is 0.330 e. The summed E-state index contributed by atoms with van der Waals surface area (Å²) in [6.45, 7) is 10.6. The summed E-state index contributed by atoms with van der Waals surface area (Å²) in [6.07, 6.45) is 26.0. The summed E-state index contributed by atoms with van der Waals surface area (Å²) in [4.78, 5) is 20.9. The fraction of sp³-hybridized carbons (Fsp3) is 0.862. The van der Waals surface area contributed by atoms with E-state index < -0.39 is 5.97 Å². The molecule has 0 atom stereocenters. The van der Waals surface area contributed by atoms with E-state index in [1.807, 2.05) is 0 Å². The predicted octanol–water partition coefficient (Wildman–Crippen LogP) is 9.26. The van der Waals surface area contributed by atoms with Gasteiger partial charge in [0.1, 0.15) is 0 Å². The van der Waals surface area contributed by atoms with Crippen LogP contribution < -0.4 is 0 Å². The number of carbonyl (C=O) groups excluding carboxylic acids is 1. The molecule has 0 amide bonds. The van der Waals surface area contributed by atoms with Crippen LogP contribution in [-0.4, -0.2) is 23.7 Å². The molecule has 0 radical (unpaired) electrons. The zero-order valence-electron chi connectivity index (χ0n) is 22.4. The van der Waals surface area contributed by atoms with Gasteiger partial charge < -0.3 is 9.84 Å². The normalized spacial score (nSPS) is 10.5. The first-order chi connectivity index (χ1) is 15.9. The molecule has 0 aromatic heterocycles. The number of esters is 1. The van der Waals surface area contributed by atoms with Crippen LogP contribution in [0, 0.1) is 5.92 Å². The lowest BCUT2D eigenvalue weighted by Gasteiger charge is -2.04. The van der Waals surface area contributed by atoms with Gasteiger partial charge in [0.25, 0.3) is 0 Å². The van der Waals surface area contributed by atoms with Crippen molar-refractivity contribution in [2.24, 2.45) is 5.92 Å². The van der Waals surface area contributed by atoms with Crippen LogP contribution in [0.5, 0.6) is 0 Å². The highest BCUT2D eigenvalue weighted by atomic mass is 16.5. The Labute approximate surface area is 206 Å². The molecule has 4 heteroatoms. The van der Waals surface area contributed by atoms with Crippen molar-refractivity contribution in [1.29, 1.82) is 0 Å². The second kappa shape index (κ2) is 28.7. The van der Waals surface area contributed by atoms with Crippen LogP contribution in [0.3, 0.4) is 0 Å². The third-order valence-electron chi connectivity index (χ3n) is 5.83. The molecule has 0 aliphatic carbocycles. The number of carboxylic acid groups (broad SMARTS) is 1. The molecular weight excluding hydrogens is 412 g/mol. The quantitative estimate of drug-likeness (QED) is 0.0921. The third kappa shape index (κ3) is 35.5. The predicted molar refractivity (Wildman–Crippen MR) is 142 cm³/mol. The summed E-state index contributed by atoms with van der Waals surface area (Å²) in [7, 11) is 0. The van der Waals surface area contributed by atoms with Crippen molar-refractivity contribution in [2.75, 3.05) is 6.61 Å². The van der Waals surface area contributed by atoms with E-state index in [1.54, 1.807) is 0 Å². The molecule has 0 aliphatic rings. The SMILES string of the molecule is C=CC(=O)OCCCCCC(C)C.CCCCCCCCCCCCCCCCCC(=O)O. The van der Waals surface area contributed by atoms with Gasteiger partial charge in [0, 0.05) is 12.5 Å². The second-order valence-electron chi connectivity index (χ2n) is 9.71. The van der Waals surface area contributed by atoms with Gasteiger partial charge in [-0.1, -0.05) is 137 Å². The topological polar surface area (TPSA) is 63.6 Å². The number of rotatable bonds is 23. The van der Waals surface area contributed by atoms with Gasteiger partial charge in [-0.25, -0.2) is 4.79 Å². The smallest absolute Gasteiger partial charge is 0.330 e. The molecule has 0 saturated heterocycles. The number of carbonyl (C=O) groups is 2. The number of unbranched alkanes of at least 4 members (excludes halogenated alkanes) is 16. The molecule has 0 unspecified atom stereocenters. The van der Waals surface area contributed by atoms with Crippen molar-refractivity contribution < 1.29 is 19.4 Å². The molecule has 0 fully saturated rings. The highest BCUT2D eigenvalue weighted by Crippen LogP contribution is 2.13. The first-order valence-electron chi connectivity index (χ1n) is 13.9. The van der Waals surface area contributed by atoms with Gasteiger partial charge in [-0.15, -0.1) is 0 Å². The molecule has 0 saturated carbocycles. The van der Waals surface area contributed by atoms with E-state index in [-0.39, 0.29) is 5.97 Å². The molecule has 0 heterocycles. The summed E-state index contributed by atoms with van der Waals surface area (Å²) in [5.74, 6) is -0.195. The van der Waals surface area contributed by atoms with Crippen molar-refractivity contribution in [3.8, 4) is 0 Å². The molecule has 0 rings (SSSR count). The van der Waals surface area contributed by atoms with E-state index >= 15 is 0 Å². The van der Waals surface area contributed by atoms with Crippen LogP contribution in [0.4, 0.5) is 0 Å². The summed E-state index contributed by atoms with van der Waals surface area (Å²) in [5.41, 5.74) is 0. The monoisotopic (exact) mass is 468 g/mol. The Morgan fingerprint density at radius 1 is 0.727 bits per heavy atom. The van der Waals surface area contributed by atoms with Crippen LogP contribution in [0.15, 0.2) is 12.7 Å². The van der Waals surface area contributed by atoms with E-state index in [0.29, 0.717) is 13.0 Å². The molecule has 0 aliphatic heterocycles. The lowest BCUT2D eigenvalue weighted by atomic mass is 10.0. The van der Waals surface area contributed by atoms with Crippen molar-refractivity contribution in [3.63, 3.8) is 0 Å². The van der Waals surface area contributed by atoms with Crippen LogP contribution in [0.1, 0.15) is 149 Å². The Morgan fingerprint density at radius 3 is 1.55 bits per heavy atom. The molecular formula is C29H56O4. The summed E-state index contributed by atoms with van der Waals surface area (Å²) in [5, 5.41) is 8.52. The molecule has 0 bridgehead atoms. The summed E-state index contributed by atoms with van der Waals surface area (Å²) < 4.78 is 4.84. The van der Waals surface area contributed by atoms with Crippen molar-refractivity contribution in [2.45, 2.75) is 149 Å². The van der Waals surface area contributed by atoms with Gasteiger partial charge in [0.2, 0.25) is 0 Å². The molecule has 4 nitrogen and oxygen atoms in total. The van der Waals surface area contributed by atoms with Gasteiger partial charge in [-0.2, -0.15) is 0 Å². The van der Waals surface area contributed by atoms with Gasteiger partial charge in [-0.05, 0) is 18.8 Å². The van der Waals surface area contributed by atoms with E-state index in [4.69, 9.17) is 9.84 Å². The number of hydrogen-bond donors (Lipinski definition) is 1. The van der Waals surface area contributed by atoms with Crippen LogP contribution >= 0.6 is 0 Å². The van der Waals surface area contributed by atoms with E-state index in [9.17, 15) is 9.59 Å². The third-order valence-corrected chi connectivity index (χ3v) is 5.83. The Morgan fingerprint density at radius 2 is 1.15 bits per heavy atom. The molecule has 1 N–H and O–H groups in total. The maximum atomic E-state index is 10.6. The van der Waals surface area contributed by atoms with Crippen molar-refractivity contribution in [1.82, 2.24) is 0 Å². The highest BCUT2D eigenvalue weighted by Gasteiger charge is 1.98. The summed E-state index contributed by atoms with van der Waals surface area (Å²) >= 11 is 0. The Bertz CT molecular complexity index is 431. The van der Waals surface area contributed by atoms with E-state index in [1.165, 1.54) is 102 Å².